The minimum atomic E-state index is 0.846. The van der Waals surface area contributed by atoms with E-state index in [0.29, 0.717) is 0 Å². The lowest BCUT2D eigenvalue weighted by Crippen LogP contribution is -2.11. The second-order valence-corrected chi connectivity index (χ2v) is 3.54. The molecular formula is C11H24N2. The van der Waals surface area contributed by atoms with Crippen molar-refractivity contribution in [2.75, 3.05) is 6.54 Å². The van der Waals surface area contributed by atoms with Crippen molar-refractivity contribution in [3.05, 3.63) is 0 Å². The van der Waals surface area contributed by atoms with Crippen LogP contribution in [0.2, 0.25) is 0 Å². The topological polar surface area (TPSA) is 38.4 Å². The third-order valence-electron chi connectivity index (χ3n) is 2.07. The first-order chi connectivity index (χ1) is 6.31. The van der Waals surface area contributed by atoms with Gasteiger partial charge in [0, 0.05) is 13.0 Å². The largest absolute Gasteiger partial charge is 0.387 e. The summed E-state index contributed by atoms with van der Waals surface area (Å²) in [6, 6.07) is 0. The highest BCUT2D eigenvalue weighted by molar-refractivity contribution is 5.80. The van der Waals surface area contributed by atoms with Gasteiger partial charge in [-0.2, -0.15) is 0 Å². The summed E-state index contributed by atoms with van der Waals surface area (Å²) < 4.78 is 0. The molecule has 0 spiro atoms. The highest BCUT2D eigenvalue weighted by atomic mass is 14.8. The number of unbranched alkanes of at least 4 members (excludes halogenated alkanes) is 4. The Hall–Kier alpha value is -0.530. The molecule has 0 aromatic carbocycles. The lowest BCUT2D eigenvalue weighted by molar-refractivity contribution is 0.642. The summed E-state index contributed by atoms with van der Waals surface area (Å²) in [4.78, 5) is 4.25. The van der Waals surface area contributed by atoms with Crippen molar-refractivity contribution in [3.63, 3.8) is 0 Å². The lowest BCUT2D eigenvalue weighted by atomic mass is 10.1. The normalized spacial score (nSPS) is 12.0. The first-order valence-corrected chi connectivity index (χ1v) is 5.60. The fraction of sp³-hybridized carbons (Fsp3) is 0.909. The number of nitrogens with zero attached hydrogens (tertiary/aromatic N) is 1. The molecule has 0 bridgehead atoms. The van der Waals surface area contributed by atoms with Gasteiger partial charge in [0.2, 0.25) is 0 Å². The molecule has 0 rings (SSSR count). The van der Waals surface area contributed by atoms with E-state index in [1.54, 1.807) is 0 Å². The molecule has 0 aliphatic carbocycles. The Morgan fingerprint density at radius 1 is 1.00 bits per heavy atom. The van der Waals surface area contributed by atoms with Gasteiger partial charge in [0.15, 0.2) is 0 Å². The number of hydrogen-bond donors (Lipinski definition) is 1. The van der Waals surface area contributed by atoms with E-state index < -0.39 is 0 Å². The van der Waals surface area contributed by atoms with Crippen LogP contribution >= 0.6 is 0 Å². The van der Waals surface area contributed by atoms with E-state index in [2.05, 4.69) is 18.8 Å². The van der Waals surface area contributed by atoms with E-state index in [4.69, 9.17) is 5.73 Å². The second kappa shape index (κ2) is 9.56. The van der Waals surface area contributed by atoms with Crippen molar-refractivity contribution in [1.82, 2.24) is 0 Å². The Labute approximate surface area is 82.6 Å². The SMILES string of the molecule is CCCCCCC/C(N)=N\CCC. The molecule has 0 aliphatic rings. The van der Waals surface area contributed by atoms with Gasteiger partial charge in [-0.1, -0.05) is 39.5 Å². The first kappa shape index (κ1) is 12.5. The molecule has 2 heteroatoms. The van der Waals surface area contributed by atoms with Crippen molar-refractivity contribution in [2.45, 2.75) is 58.8 Å². The van der Waals surface area contributed by atoms with Crippen LogP contribution < -0.4 is 5.73 Å². The van der Waals surface area contributed by atoms with E-state index in [1.165, 1.54) is 32.1 Å². The van der Waals surface area contributed by atoms with Crippen molar-refractivity contribution >= 4 is 5.84 Å². The minimum Gasteiger partial charge on any atom is -0.387 e. The van der Waals surface area contributed by atoms with E-state index in [1.807, 2.05) is 0 Å². The Morgan fingerprint density at radius 2 is 1.69 bits per heavy atom. The Morgan fingerprint density at radius 3 is 2.31 bits per heavy atom. The molecule has 0 aromatic rings. The molecule has 0 atom stereocenters. The fourth-order valence-corrected chi connectivity index (χ4v) is 1.24. The predicted molar refractivity (Wildman–Crippen MR) is 60.2 cm³/mol. The molecule has 2 N–H and O–H groups in total. The third-order valence-corrected chi connectivity index (χ3v) is 2.07. The van der Waals surface area contributed by atoms with Crippen LogP contribution in [0.5, 0.6) is 0 Å². The molecule has 0 saturated heterocycles. The van der Waals surface area contributed by atoms with Crippen molar-refractivity contribution in [1.29, 1.82) is 0 Å². The molecule has 0 unspecified atom stereocenters. The molecule has 2 nitrogen and oxygen atoms in total. The van der Waals surface area contributed by atoms with Crippen molar-refractivity contribution in [3.8, 4) is 0 Å². The average molecular weight is 184 g/mol. The van der Waals surface area contributed by atoms with E-state index in [9.17, 15) is 0 Å². The molecule has 0 aromatic heterocycles. The van der Waals surface area contributed by atoms with Gasteiger partial charge in [0.05, 0.1) is 5.84 Å². The molecule has 0 saturated carbocycles. The van der Waals surface area contributed by atoms with Gasteiger partial charge in [-0.05, 0) is 12.8 Å². The van der Waals surface area contributed by atoms with Gasteiger partial charge in [0.1, 0.15) is 0 Å². The molecule has 78 valence electrons. The zero-order chi connectivity index (χ0) is 9.94. The highest BCUT2D eigenvalue weighted by Crippen LogP contribution is 2.04. The van der Waals surface area contributed by atoms with Gasteiger partial charge < -0.3 is 5.73 Å². The standard InChI is InChI=1S/C11H24N2/c1-3-5-6-7-8-9-11(12)13-10-4-2/h3-10H2,1-2H3,(H2,12,13). The van der Waals surface area contributed by atoms with Crippen LogP contribution in [-0.2, 0) is 0 Å². The summed E-state index contributed by atoms with van der Waals surface area (Å²) in [6.07, 6.45) is 8.60. The summed E-state index contributed by atoms with van der Waals surface area (Å²) >= 11 is 0. The summed E-state index contributed by atoms with van der Waals surface area (Å²) in [7, 11) is 0. The van der Waals surface area contributed by atoms with Crippen LogP contribution in [0.1, 0.15) is 58.8 Å². The monoisotopic (exact) mass is 184 g/mol. The summed E-state index contributed by atoms with van der Waals surface area (Å²) in [5.41, 5.74) is 5.72. The molecule has 0 radical (unpaired) electrons. The van der Waals surface area contributed by atoms with Crippen molar-refractivity contribution in [2.24, 2.45) is 10.7 Å². The molecule has 13 heavy (non-hydrogen) atoms. The summed E-state index contributed by atoms with van der Waals surface area (Å²) in [5.74, 6) is 0.846. The Balaban J connectivity index is 3.21. The van der Waals surface area contributed by atoms with Gasteiger partial charge in [-0.3, -0.25) is 4.99 Å². The van der Waals surface area contributed by atoms with Crippen LogP contribution in [-0.4, -0.2) is 12.4 Å². The van der Waals surface area contributed by atoms with E-state index >= 15 is 0 Å². The van der Waals surface area contributed by atoms with Crippen LogP contribution in [0, 0.1) is 0 Å². The third kappa shape index (κ3) is 9.38. The molecule has 0 amide bonds. The zero-order valence-corrected chi connectivity index (χ0v) is 9.18. The number of nitrogens with two attached hydrogens (primary N) is 1. The van der Waals surface area contributed by atoms with Gasteiger partial charge >= 0.3 is 0 Å². The van der Waals surface area contributed by atoms with Crippen LogP contribution in [0.3, 0.4) is 0 Å². The maximum Gasteiger partial charge on any atom is 0.0937 e. The lowest BCUT2D eigenvalue weighted by Gasteiger charge is -2.00. The molecule has 0 aliphatic heterocycles. The first-order valence-electron chi connectivity index (χ1n) is 5.60. The van der Waals surface area contributed by atoms with Gasteiger partial charge in [0.25, 0.3) is 0 Å². The smallest absolute Gasteiger partial charge is 0.0937 e. The molecular weight excluding hydrogens is 160 g/mol. The van der Waals surface area contributed by atoms with Crippen LogP contribution in [0.4, 0.5) is 0 Å². The quantitative estimate of drug-likeness (QED) is 0.351. The van der Waals surface area contributed by atoms with Crippen molar-refractivity contribution < 1.29 is 0 Å². The zero-order valence-electron chi connectivity index (χ0n) is 9.18. The van der Waals surface area contributed by atoms with E-state index in [0.717, 1.165) is 25.2 Å². The average Bonchev–Trinajstić information content (AvgIpc) is 2.14. The van der Waals surface area contributed by atoms with Crippen LogP contribution in [0.15, 0.2) is 4.99 Å². The highest BCUT2D eigenvalue weighted by Gasteiger charge is 1.92. The molecule has 0 fully saturated rings. The minimum absolute atomic E-state index is 0.846. The number of aliphatic imine (C=N–C) groups is 1. The van der Waals surface area contributed by atoms with E-state index in [-0.39, 0.29) is 0 Å². The summed E-state index contributed by atoms with van der Waals surface area (Å²) in [6.45, 7) is 5.25. The van der Waals surface area contributed by atoms with Gasteiger partial charge in [-0.15, -0.1) is 0 Å². The molecule has 0 heterocycles. The van der Waals surface area contributed by atoms with Gasteiger partial charge in [-0.25, -0.2) is 0 Å². The maximum atomic E-state index is 5.72. The number of rotatable bonds is 8. The number of amidine groups is 1. The summed E-state index contributed by atoms with van der Waals surface area (Å²) in [5, 5.41) is 0. The second-order valence-electron chi connectivity index (χ2n) is 3.54. The predicted octanol–water partition coefficient (Wildman–Crippen LogP) is 3.11. The maximum absolute atomic E-state index is 5.72. The number of hydrogen-bond acceptors (Lipinski definition) is 1. The Bertz CT molecular complexity index is 130. The fourth-order valence-electron chi connectivity index (χ4n) is 1.24. The van der Waals surface area contributed by atoms with Crippen LogP contribution in [0.25, 0.3) is 0 Å². The Kier molecular flexibility index (Phi) is 9.17.